The molecule has 0 unspecified atom stereocenters. The van der Waals surface area contributed by atoms with Crippen LogP contribution in [0.2, 0.25) is 0 Å². The van der Waals surface area contributed by atoms with E-state index in [2.05, 4.69) is 16.0 Å². The molecule has 0 aliphatic rings. The first-order chi connectivity index (χ1) is 16.6. The summed E-state index contributed by atoms with van der Waals surface area (Å²) in [5.41, 5.74) is 4.28. The Kier molecular flexibility index (Phi) is 7.81. The largest absolute Gasteiger partial charge is 0.497 e. The van der Waals surface area contributed by atoms with E-state index in [9.17, 15) is 4.79 Å². The first-order valence-corrected chi connectivity index (χ1v) is 11.7. The van der Waals surface area contributed by atoms with Crippen LogP contribution in [-0.2, 0) is 24.2 Å². The molecular weight excluding hydrogens is 426 g/mol. The number of nitrogens with zero attached hydrogens (tertiary/aromatic N) is 2. The number of benzene rings is 3. The van der Waals surface area contributed by atoms with E-state index < -0.39 is 0 Å². The zero-order valence-corrected chi connectivity index (χ0v) is 19.8. The average Bonchev–Trinajstić information content (AvgIpc) is 3.21. The van der Waals surface area contributed by atoms with Gasteiger partial charge in [0, 0.05) is 19.0 Å². The fraction of sp³-hybridized carbons (Fsp3) is 0.286. The van der Waals surface area contributed by atoms with Crippen molar-refractivity contribution in [2.45, 2.75) is 32.7 Å². The van der Waals surface area contributed by atoms with Crippen molar-refractivity contribution in [3.63, 3.8) is 0 Å². The van der Waals surface area contributed by atoms with Gasteiger partial charge in [-0.1, -0.05) is 42.5 Å². The molecule has 1 N–H and O–H groups in total. The number of para-hydroxylation sites is 2. The third kappa shape index (κ3) is 5.95. The van der Waals surface area contributed by atoms with Crippen LogP contribution >= 0.6 is 0 Å². The van der Waals surface area contributed by atoms with E-state index in [1.165, 1.54) is 0 Å². The summed E-state index contributed by atoms with van der Waals surface area (Å²) in [7, 11) is 1.65. The van der Waals surface area contributed by atoms with E-state index >= 15 is 0 Å². The molecule has 0 atom stereocenters. The predicted molar refractivity (Wildman–Crippen MR) is 134 cm³/mol. The highest BCUT2D eigenvalue weighted by Crippen LogP contribution is 2.20. The third-order valence-electron chi connectivity index (χ3n) is 5.87. The Morgan fingerprint density at radius 2 is 1.79 bits per heavy atom. The number of aromatic nitrogens is 2. The van der Waals surface area contributed by atoms with Gasteiger partial charge in [0.15, 0.2) is 0 Å². The molecule has 1 aromatic heterocycles. The first-order valence-electron chi connectivity index (χ1n) is 11.7. The second-order valence-corrected chi connectivity index (χ2v) is 8.25. The number of nitrogens with one attached hydrogen (secondary N) is 1. The SMILES string of the molecule is COc1cccc(OCCn2c(CCCNC(=O)Cc3ccccc3C)nc3ccccc32)c1. The van der Waals surface area contributed by atoms with Gasteiger partial charge in [-0.05, 0) is 48.7 Å². The van der Waals surface area contributed by atoms with Gasteiger partial charge >= 0.3 is 0 Å². The van der Waals surface area contributed by atoms with Crippen LogP contribution in [0.5, 0.6) is 11.5 Å². The summed E-state index contributed by atoms with van der Waals surface area (Å²) in [6.07, 6.45) is 2.00. The molecule has 1 amide bonds. The van der Waals surface area contributed by atoms with Crippen LogP contribution in [-0.4, -0.2) is 35.7 Å². The number of hydrogen-bond donors (Lipinski definition) is 1. The van der Waals surface area contributed by atoms with Crippen LogP contribution in [0.3, 0.4) is 0 Å². The highest BCUT2D eigenvalue weighted by Gasteiger charge is 2.11. The van der Waals surface area contributed by atoms with E-state index in [4.69, 9.17) is 14.5 Å². The molecule has 3 aromatic carbocycles. The molecular formula is C28H31N3O3. The van der Waals surface area contributed by atoms with E-state index in [0.717, 1.165) is 52.3 Å². The molecule has 0 saturated carbocycles. The van der Waals surface area contributed by atoms with Gasteiger partial charge in [-0.2, -0.15) is 0 Å². The summed E-state index contributed by atoms with van der Waals surface area (Å²) in [4.78, 5) is 17.2. The van der Waals surface area contributed by atoms with Gasteiger partial charge in [-0.25, -0.2) is 4.98 Å². The maximum Gasteiger partial charge on any atom is 0.224 e. The van der Waals surface area contributed by atoms with E-state index in [0.29, 0.717) is 26.1 Å². The number of methoxy groups -OCH3 is 1. The van der Waals surface area contributed by atoms with Gasteiger partial charge < -0.3 is 19.4 Å². The minimum absolute atomic E-state index is 0.0505. The summed E-state index contributed by atoms with van der Waals surface area (Å²) in [6, 6.07) is 23.8. The molecule has 0 aliphatic heterocycles. The third-order valence-corrected chi connectivity index (χ3v) is 5.87. The molecule has 0 aliphatic carbocycles. The molecule has 0 fully saturated rings. The number of carbonyl (C=O) groups is 1. The highest BCUT2D eigenvalue weighted by molar-refractivity contribution is 5.79. The summed E-state index contributed by atoms with van der Waals surface area (Å²) < 4.78 is 13.4. The summed E-state index contributed by atoms with van der Waals surface area (Å²) in [5.74, 6) is 2.61. The lowest BCUT2D eigenvalue weighted by molar-refractivity contribution is -0.120. The molecule has 176 valence electrons. The van der Waals surface area contributed by atoms with Gasteiger partial charge in [0.05, 0.1) is 31.1 Å². The Balaban J connectivity index is 1.33. The number of imidazole rings is 1. The molecule has 0 saturated heterocycles. The van der Waals surface area contributed by atoms with Crippen molar-refractivity contribution in [2.24, 2.45) is 0 Å². The predicted octanol–water partition coefficient (Wildman–Crippen LogP) is 4.72. The van der Waals surface area contributed by atoms with E-state index in [-0.39, 0.29) is 5.91 Å². The molecule has 34 heavy (non-hydrogen) atoms. The Morgan fingerprint density at radius 3 is 2.65 bits per heavy atom. The normalized spacial score (nSPS) is 10.9. The van der Waals surface area contributed by atoms with Gasteiger partial charge in [0.25, 0.3) is 0 Å². The van der Waals surface area contributed by atoms with Crippen molar-refractivity contribution in [1.82, 2.24) is 14.9 Å². The smallest absolute Gasteiger partial charge is 0.224 e. The van der Waals surface area contributed by atoms with Crippen molar-refractivity contribution in [3.8, 4) is 11.5 Å². The minimum atomic E-state index is 0.0505. The Hall–Kier alpha value is -3.80. The van der Waals surface area contributed by atoms with Crippen LogP contribution in [0.15, 0.2) is 72.8 Å². The Labute approximate surface area is 200 Å². The lowest BCUT2D eigenvalue weighted by Crippen LogP contribution is -2.26. The van der Waals surface area contributed by atoms with Gasteiger partial charge in [-0.3, -0.25) is 4.79 Å². The van der Waals surface area contributed by atoms with Gasteiger partial charge in [0.2, 0.25) is 5.91 Å². The molecule has 6 nitrogen and oxygen atoms in total. The first kappa shape index (κ1) is 23.4. The Bertz CT molecular complexity index is 1250. The summed E-state index contributed by atoms with van der Waals surface area (Å²) >= 11 is 0. The number of ether oxygens (including phenoxy) is 2. The summed E-state index contributed by atoms with van der Waals surface area (Å²) in [6.45, 7) is 3.86. The molecule has 0 spiro atoms. The van der Waals surface area contributed by atoms with Crippen LogP contribution in [0, 0.1) is 6.92 Å². The fourth-order valence-corrected chi connectivity index (χ4v) is 4.03. The molecule has 4 rings (SSSR count). The lowest BCUT2D eigenvalue weighted by Gasteiger charge is -2.12. The second kappa shape index (κ2) is 11.4. The number of amides is 1. The van der Waals surface area contributed by atoms with Gasteiger partial charge in [0.1, 0.15) is 23.9 Å². The van der Waals surface area contributed by atoms with E-state index in [1.54, 1.807) is 7.11 Å². The van der Waals surface area contributed by atoms with Crippen LogP contribution in [0.1, 0.15) is 23.4 Å². The standard InChI is InChI=1S/C28H31N3O3/c1-21-9-3-4-10-22(21)19-28(32)29-16-8-15-27-30-25-13-5-6-14-26(25)31(27)17-18-34-24-12-7-11-23(20-24)33-2/h3-7,9-14,20H,8,15-19H2,1-2H3,(H,29,32). The minimum Gasteiger partial charge on any atom is -0.497 e. The van der Waals surface area contributed by atoms with Crippen molar-refractivity contribution < 1.29 is 14.3 Å². The fourth-order valence-electron chi connectivity index (χ4n) is 4.03. The molecule has 0 bridgehead atoms. The topological polar surface area (TPSA) is 65.4 Å². The second-order valence-electron chi connectivity index (χ2n) is 8.25. The van der Waals surface area contributed by atoms with Crippen molar-refractivity contribution in [2.75, 3.05) is 20.3 Å². The maximum absolute atomic E-state index is 12.3. The molecule has 4 aromatic rings. The quantitative estimate of drug-likeness (QED) is 0.331. The van der Waals surface area contributed by atoms with Crippen molar-refractivity contribution in [1.29, 1.82) is 0 Å². The van der Waals surface area contributed by atoms with Crippen LogP contribution in [0.25, 0.3) is 11.0 Å². The lowest BCUT2D eigenvalue weighted by atomic mass is 10.1. The van der Waals surface area contributed by atoms with Crippen LogP contribution < -0.4 is 14.8 Å². The number of rotatable bonds is 11. The maximum atomic E-state index is 12.3. The zero-order valence-electron chi connectivity index (χ0n) is 19.8. The van der Waals surface area contributed by atoms with E-state index in [1.807, 2.05) is 73.7 Å². The molecule has 6 heteroatoms. The highest BCUT2D eigenvalue weighted by atomic mass is 16.5. The number of aryl methyl sites for hydroxylation is 2. The Morgan fingerprint density at radius 1 is 1.00 bits per heavy atom. The number of fused-ring (bicyclic) bond motifs is 1. The zero-order chi connectivity index (χ0) is 23.8. The molecule has 0 radical (unpaired) electrons. The summed E-state index contributed by atoms with van der Waals surface area (Å²) in [5, 5.41) is 3.04. The van der Waals surface area contributed by atoms with Crippen molar-refractivity contribution >= 4 is 16.9 Å². The van der Waals surface area contributed by atoms with Gasteiger partial charge in [-0.15, -0.1) is 0 Å². The monoisotopic (exact) mass is 457 g/mol. The average molecular weight is 458 g/mol. The number of hydrogen-bond acceptors (Lipinski definition) is 4. The van der Waals surface area contributed by atoms with Crippen LogP contribution in [0.4, 0.5) is 0 Å². The molecule has 1 heterocycles. The number of carbonyl (C=O) groups excluding carboxylic acids is 1. The van der Waals surface area contributed by atoms with Crippen molar-refractivity contribution in [3.05, 3.63) is 89.7 Å².